The summed E-state index contributed by atoms with van der Waals surface area (Å²) in [5.74, 6) is -0.912. The van der Waals surface area contributed by atoms with E-state index in [9.17, 15) is 4.79 Å². The van der Waals surface area contributed by atoms with E-state index in [-0.39, 0.29) is 0 Å². The van der Waals surface area contributed by atoms with Crippen LogP contribution in [0.2, 0.25) is 0 Å². The highest BCUT2D eigenvalue weighted by Gasteiger charge is 2.27. The highest BCUT2D eigenvalue weighted by Crippen LogP contribution is 2.28. The van der Waals surface area contributed by atoms with Gasteiger partial charge in [-0.05, 0) is 19.1 Å². The molecule has 1 atom stereocenters. The molecule has 0 radical (unpaired) electrons. The van der Waals surface area contributed by atoms with Crippen molar-refractivity contribution in [2.75, 3.05) is 24.6 Å². The van der Waals surface area contributed by atoms with Crippen LogP contribution in [0.3, 0.4) is 0 Å². The maximum atomic E-state index is 11.1. The molecule has 0 bridgehead atoms. The number of nitrogens with zero attached hydrogens (tertiary/aromatic N) is 2. The fourth-order valence-corrected chi connectivity index (χ4v) is 2.56. The number of carboxylic acid groups (broad SMARTS) is 1. The van der Waals surface area contributed by atoms with Crippen molar-refractivity contribution in [1.82, 2.24) is 4.98 Å². The molecule has 1 aliphatic rings. The van der Waals surface area contributed by atoms with E-state index in [1.807, 2.05) is 37.3 Å². The van der Waals surface area contributed by atoms with Gasteiger partial charge in [0.1, 0.15) is 0 Å². The van der Waals surface area contributed by atoms with E-state index in [0.29, 0.717) is 19.7 Å². The molecule has 0 amide bonds. The molecule has 0 aliphatic carbocycles. The Morgan fingerprint density at radius 3 is 3.05 bits per heavy atom. The first-order chi connectivity index (χ1) is 9.65. The first-order valence-electron chi connectivity index (χ1n) is 6.61. The molecule has 0 saturated carbocycles. The number of ether oxygens (including phenoxy) is 1. The maximum absolute atomic E-state index is 11.1. The van der Waals surface area contributed by atoms with Crippen LogP contribution < -0.4 is 4.90 Å². The number of aryl methyl sites for hydroxylation is 1. The fraction of sp³-hybridized carbons (Fsp3) is 0.333. The van der Waals surface area contributed by atoms with Gasteiger partial charge in [-0.1, -0.05) is 18.2 Å². The number of benzene rings is 1. The molecule has 1 N–H and O–H groups in total. The number of hydrogen-bond donors (Lipinski definition) is 1. The zero-order valence-electron chi connectivity index (χ0n) is 11.2. The van der Waals surface area contributed by atoms with Gasteiger partial charge in [-0.25, -0.2) is 4.79 Å². The van der Waals surface area contributed by atoms with Gasteiger partial charge in [0.2, 0.25) is 0 Å². The second kappa shape index (κ2) is 5.09. The molecule has 2 heterocycles. The first-order valence-corrected chi connectivity index (χ1v) is 6.61. The molecule has 2 aromatic rings. The number of fused-ring (bicyclic) bond motifs is 1. The van der Waals surface area contributed by atoms with Crippen LogP contribution in [0.5, 0.6) is 0 Å². The van der Waals surface area contributed by atoms with E-state index in [0.717, 1.165) is 22.3 Å². The van der Waals surface area contributed by atoms with Crippen molar-refractivity contribution in [3.05, 3.63) is 36.0 Å². The summed E-state index contributed by atoms with van der Waals surface area (Å²) < 4.78 is 5.28. The van der Waals surface area contributed by atoms with Crippen molar-refractivity contribution in [2.24, 2.45) is 0 Å². The molecule has 1 fully saturated rings. The molecule has 1 unspecified atom stereocenters. The van der Waals surface area contributed by atoms with Crippen LogP contribution in [0.1, 0.15) is 5.69 Å². The molecular formula is C15H16N2O3. The molecule has 5 nitrogen and oxygen atoms in total. The second-order valence-corrected chi connectivity index (χ2v) is 4.94. The van der Waals surface area contributed by atoms with Gasteiger partial charge in [-0.15, -0.1) is 0 Å². The van der Waals surface area contributed by atoms with Gasteiger partial charge < -0.3 is 14.7 Å². The van der Waals surface area contributed by atoms with Crippen molar-refractivity contribution >= 4 is 22.6 Å². The Balaban J connectivity index is 2.03. The molecule has 20 heavy (non-hydrogen) atoms. The Morgan fingerprint density at radius 1 is 1.45 bits per heavy atom. The van der Waals surface area contributed by atoms with E-state index in [1.54, 1.807) is 0 Å². The molecule has 3 rings (SSSR count). The number of carbonyl (C=O) groups is 1. The summed E-state index contributed by atoms with van der Waals surface area (Å²) in [5.41, 5.74) is 2.89. The maximum Gasteiger partial charge on any atom is 0.334 e. The normalized spacial score (nSPS) is 19.2. The highest BCUT2D eigenvalue weighted by molar-refractivity contribution is 5.92. The number of morpholine rings is 1. The van der Waals surface area contributed by atoms with Gasteiger partial charge in [0, 0.05) is 23.3 Å². The number of aromatic nitrogens is 1. The summed E-state index contributed by atoms with van der Waals surface area (Å²) in [4.78, 5) is 17.7. The number of hydrogen-bond acceptors (Lipinski definition) is 4. The van der Waals surface area contributed by atoms with Crippen LogP contribution in [0.25, 0.3) is 10.9 Å². The fourth-order valence-electron chi connectivity index (χ4n) is 2.56. The lowest BCUT2D eigenvalue weighted by atomic mass is 10.1. The summed E-state index contributed by atoms with van der Waals surface area (Å²) in [6, 6.07) is 9.92. The average molecular weight is 272 g/mol. The van der Waals surface area contributed by atoms with Gasteiger partial charge in [0.05, 0.1) is 18.7 Å². The summed E-state index contributed by atoms with van der Waals surface area (Å²) in [6.07, 6.45) is -0.768. The lowest BCUT2D eigenvalue weighted by Crippen LogP contribution is -2.46. The number of aliphatic carboxylic acids is 1. The molecule has 1 saturated heterocycles. The minimum Gasteiger partial charge on any atom is -0.479 e. The van der Waals surface area contributed by atoms with Crippen molar-refractivity contribution < 1.29 is 14.6 Å². The Kier molecular flexibility index (Phi) is 3.28. The topological polar surface area (TPSA) is 62.7 Å². The van der Waals surface area contributed by atoms with Crippen molar-refractivity contribution in [2.45, 2.75) is 13.0 Å². The molecule has 5 heteroatoms. The van der Waals surface area contributed by atoms with E-state index in [4.69, 9.17) is 9.84 Å². The zero-order chi connectivity index (χ0) is 14.1. The van der Waals surface area contributed by atoms with Crippen LogP contribution in [-0.4, -0.2) is 41.9 Å². The number of pyridine rings is 1. The Morgan fingerprint density at radius 2 is 2.25 bits per heavy atom. The molecule has 0 spiro atoms. The predicted molar refractivity (Wildman–Crippen MR) is 76.1 cm³/mol. The number of para-hydroxylation sites is 1. The van der Waals surface area contributed by atoms with Crippen LogP contribution in [-0.2, 0) is 9.53 Å². The Hall–Kier alpha value is -2.14. The second-order valence-electron chi connectivity index (χ2n) is 4.94. The first kappa shape index (κ1) is 12.9. The quantitative estimate of drug-likeness (QED) is 0.903. The lowest BCUT2D eigenvalue weighted by molar-refractivity contribution is -0.150. The molecule has 1 aromatic heterocycles. The smallest absolute Gasteiger partial charge is 0.334 e. The van der Waals surface area contributed by atoms with Crippen molar-refractivity contribution in [3.63, 3.8) is 0 Å². The lowest BCUT2D eigenvalue weighted by Gasteiger charge is -2.33. The third-order valence-corrected chi connectivity index (χ3v) is 3.50. The summed E-state index contributed by atoms with van der Waals surface area (Å²) in [5, 5.41) is 10.2. The van der Waals surface area contributed by atoms with Crippen LogP contribution >= 0.6 is 0 Å². The summed E-state index contributed by atoms with van der Waals surface area (Å²) in [6.45, 7) is 3.43. The molecular weight excluding hydrogens is 256 g/mol. The van der Waals surface area contributed by atoms with Gasteiger partial charge in [-0.2, -0.15) is 0 Å². The standard InChI is InChI=1S/C15H16N2O3/c1-10-8-13(11-4-2-3-5-12(11)16-10)17-6-7-20-14(9-17)15(18)19/h2-5,8,14H,6-7,9H2,1H3,(H,18,19). The average Bonchev–Trinajstić information content (AvgIpc) is 2.46. The van der Waals surface area contributed by atoms with Crippen LogP contribution in [0.15, 0.2) is 30.3 Å². The molecule has 104 valence electrons. The predicted octanol–water partition coefficient (Wildman–Crippen LogP) is 1.83. The van der Waals surface area contributed by atoms with E-state index in [2.05, 4.69) is 9.88 Å². The minimum atomic E-state index is -0.912. The molecule has 1 aliphatic heterocycles. The largest absolute Gasteiger partial charge is 0.479 e. The number of rotatable bonds is 2. The van der Waals surface area contributed by atoms with Gasteiger partial charge >= 0.3 is 5.97 Å². The minimum absolute atomic E-state index is 0.364. The van der Waals surface area contributed by atoms with E-state index in [1.165, 1.54) is 0 Å². The van der Waals surface area contributed by atoms with Crippen LogP contribution in [0.4, 0.5) is 5.69 Å². The summed E-state index contributed by atoms with van der Waals surface area (Å²) >= 11 is 0. The SMILES string of the molecule is Cc1cc(N2CCOC(C(=O)O)C2)c2ccccc2n1. The Labute approximate surface area is 116 Å². The molecule has 1 aromatic carbocycles. The van der Waals surface area contributed by atoms with Gasteiger partial charge in [0.25, 0.3) is 0 Å². The monoisotopic (exact) mass is 272 g/mol. The third-order valence-electron chi connectivity index (χ3n) is 3.50. The Bertz CT molecular complexity index is 657. The van der Waals surface area contributed by atoms with Crippen molar-refractivity contribution in [3.8, 4) is 0 Å². The van der Waals surface area contributed by atoms with E-state index >= 15 is 0 Å². The van der Waals surface area contributed by atoms with Crippen molar-refractivity contribution in [1.29, 1.82) is 0 Å². The zero-order valence-corrected chi connectivity index (χ0v) is 11.2. The number of carboxylic acids is 1. The third kappa shape index (κ3) is 2.32. The number of anilines is 1. The van der Waals surface area contributed by atoms with Crippen LogP contribution in [0, 0.1) is 6.92 Å². The highest BCUT2D eigenvalue weighted by atomic mass is 16.5. The van der Waals surface area contributed by atoms with Gasteiger partial charge in [0.15, 0.2) is 6.10 Å². The van der Waals surface area contributed by atoms with E-state index < -0.39 is 12.1 Å². The van der Waals surface area contributed by atoms with Gasteiger partial charge in [-0.3, -0.25) is 4.98 Å². The summed E-state index contributed by atoms with van der Waals surface area (Å²) in [7, 11) is 0.